The molecule has 2 heterocycles. The van der Waals surface area contributed by atoms with Gasteiger partial charge in [0.05, 0.1) is 0 Å². The van der Waals surface area contributed by atoms with E-state index in [1.165, 1.54) is 71.1 Å². The van der Waals surface area contributed by atoms with Gasteiger partial charge in [-0.1, -0.05) is 13.3 Å². The molecule has 3 rings (SSSR count). The summed E-state index contributed by atoms with van der Waals surface area (Å²) in [6.45, 7) is 9.94. The van der Waals surface area contributed by atoms with Crippen molar-refractivity contribution in [2.45, 2.75) is 83.0 Å². The zero-order valence-electron chi connectivity index (χ0n) is 13.5. The second kappa shape index (κ2) is 6.76. The zero-order chi connectivity index (χ0) is 13.9. The molecule has 2 saturated heterocycles. The lowest BCUT2D eigenvalue weighted by Crippen LogP contribution is -2.45. The van der Waals surface area contributed by atoms with Crippen LogP contribution in [0.3, 0.4) is 0 Å². The molecule has 3 atom stereocenters. The Kier molecular flexibility index (Phi) is 5.00. The fourth-order valence-corrected chi connectivity index (χ4v) is 4.19. The summed E-state index contributed by atoms with van der Waals surface area (Å²) in [5.74, 6) is 0. The standard InChI is InChI=1S/C17H33N3/c1-3-4-10-19(12-15-6-5-9-18-15)17-11-14(2)20(13-17)16-7-8-16/h14-18H,3-13H2,1-2H3. The van der Waals surface area contributed by atoms with Crippen LogP contribution in [0.25, 0.3) is 0 Å². The third kappa shape index (κ3) is 3.55. The number of nitrogens with one attached hydrogen (secondary N) is 1. The highest BCUT2D eigenvalue weighted by molar-refractivity contribution is 4.97. The SMILES string of the molecule is CCCCN(CC1CCCN1)C1CC(C)N(C2CC2)C1. The van der Waals surface area contributed by atoms with Gasteiger partial charge >= 0.3 is 0 Å². The van der Waals surface area contributed by atoms with Gasteiger partial charge in [0.2, 0.25) is 0 Å². The van der Waals surface area contributed by atoms with Crippen molar-refractivity contribution in [3.8, 4) is 0 Å². The maximum absolute atomic E-state index is 3.69. The summed E-state index contributed by atoms with van der Waals surface area (Å²) in [5, 5.41) is 3.69. The minimum Gasteiger partial charge on any atom is -0.313 e. The van der Waals surface area contributed by atoms with Crippen LogP contribution in [0.15, 0.2) is 0 Å². The van der Waals surface area contributed by atoms with Crippen molar-refractivity contribution in [1.82, 2.24) is 15.1 Å². The van der Waals surface area contributed by atoms with Gasteiger partial charge in [-0.15, -0.1) is 0 Å². The Morgan fingerprint density at radius 3 is 2.75 bits per heavy atom. The number of unbranched alkanes of at least 4 members (excludes halogenated alkanes) is 1. The van der Waals surface area contributed by atoms with Crippen LogP contribution in [0.2, 0.25) is 0 Å². The Labute approximate surface area is 125 Å². The predicted octanol–water partition coefficient (Wildman–Crippen LogP) is 2.47. The van der Waals surface area contributed by atoms with Gasteiger partial charge in [-0.25, -0.2) is 0 Å². The molecule has 1 saturated carbocycles. The van der Waals surface area contributed by atoms with Gasteiger partial charge in [-0.2, -0.15) is 0 Å². The molecule has 3 unspecified atom stereocenters. The van der Waals surface area contributed by atoms with Gasteiger partial charge in [0.25, 0.3) is 0 Å². The Hall–Kier alpha value is -0.120. The van der Waals surface area contributed by atoms with Crippen molar-refractivity contribution < 1.29 is 0 Å². The maximum Gasteiger partial charge on any atom is 0.0238 e. The number of rotatable bonds is 7. The van der Waals surface area contributed by atoms with Crippen LogP contribution < -0.4 is 5.32 Å². The van der Waals surface area contributed by atoms with Gasteiger partial charge in [0.1, 0.15) is 0 Å². The van der Waals surface area contributed by atoms with E-state index in [0.717, 1.165) is 24.2 Å². The molecule has 0 bridgehead atoms. The number of likely N-dealkylation sites (tertiary alicyclic amines) is 1. The molecule has 2 aliphatic heterocycles. The average molecular weight is 279 g/mol. The van der Waals surface area contributed by atoms with Crippen molar-refractivity contribution in [2.75, 3.05) is 26.2 Å². The number of nitrogens with zero attached hydrogens (tertiary/aromatic N) is 2. The van der Waals surface area contributed by atoms with Gasteiger partial charge in [-0.3, -0.25) is 9.80 Å². The van der Waals surface area contributed by atoms with Gasteiger partial charge < -0.3 is 5.32 Å². The smallest absolute Gasteiger partial charge is 0.0238 e. The van der Waals surface area contributed by atoms with Crippen LogP contribution in [0.5, 0.6) is 0 Å². The highest BCUT2D eigenvalue weighted by Gasteiger charge is 2.40. The van der Waals surface area contributed by atoms with Crippen molar-refractivity contribution in [1.29, 1.82) is 0 Å². The van der Waals surface area contributed by atoms with E-state index < -0.39 is 0 Å². The van der Waals surface area contributed by atoms with Gasteiger partial charge in [-0.05, 0) is 58.5 Å². The quantitative estimate of drug-likeness (QED) is 0.772. The van der Waals surface area contributed by atoms with Crippen LogP contribution in [-0.2, 0) is 0 Å². The summed E-state index contributed by atoms with van der Waals surface area (Å²) in [4.78, 5) is 5.62. The normalized spacial score (nSPS) is 35.2. The molecular formula is C17H33N3. The molecule has 0 amide bonds. The molecule has 3 nitrogen and oxygen atoms in total. The first-order valence-electron chi connectivity index (χ1n) is 9.01. The molecule has 0 spiro atoms. The summed E-state index contributed by atoms with van der Waals surface area (Å²) in [6, 6.07) is 3.33. The molecule has 0 aromatic carbocycles. The van der Waals surface area contributed by atoms with Crippen molar-refractivity contribution in [3.63, 3.8) is 0 Å². The fraction of sp³-hybridized carbons (Fsp3) is 1.00. The van der Waals surface area contributed by atoms with Crippen LogP contribution in [0, 0.1) is 0 Å². The topological polar surface area (TPSA) is 18.5 Å². The van der Waals surface area contributed by atoms with Crippen molar-refractivity contribution in [3.05, 3.63) is 0 Å². The minimum absolute atomic E-state index is 0.761. The van der Waals surface area contributed by atoms with Crippen LogP contribution in [-0.4, -0.2) is 60.1 Å². The molecule has 20 heavy (non-hydrogen) atoms. The van der Waals surface area contributed by atoms with E-state index in [1.807, 2.05) is 0 Å². The summed E-state index contributed by atoms with van der Waals surface area (Å²) < 4.78 is 0. The second-order valence-corrected chi connectivity index (χ2v) is 7.31. The molecule has 3 heteroatoms. The molecule has 0 aromatic rings. The van der Waals surface area contributed by atoms with Crippen LogP contribution >= 0.6 is 0 Å². The lowest BCUT2D eigenvalue weighted by molar-refractivity contribution is 0.172. The highest BCUT2D eigenvalue weighted by atomic mass is 15.3. The van der Waals surface area contributed by atoms with Crippen LogP contribution in [0.1, 0.15) is 58.8 Å². The van der Waals surface area contributed by atoms with E-state index >= 15 is 0 Å². The maximum atomic E-state index is 3.69. The molecule has 3 aliphatic rings. The van der Waals surface area contributed by atoms with E-state index in [2.05, 4.69) is 29.0 Å². The minimum atomic E-state index is 0.761. The molecule has 3 fully saturated rings. The third-order valence-electron chi connectivity index (χ3n) is 5.55. The van der Waals surface area contributed by atoms with Crippen molar-refractivity contribution >= 4 is 0 Å². The fourth-order valence-electron chi connectivity index (χ4n) is 4.19. The Bertz CT molecular complexity index is 297. The predicted molar refractivity (Wildman–Crippen MR) is 85.1 cm³/mol. The first kappa shape index (κ1) is 14.8. The third-order valence-corrected chi connectivity index (χ3v) is 5.55. The van der Waals surface area contributed by atoms with Gasteiger partial charge in [0, 0.05) is 37.3 Å². The van der Waals surface area contributed by atoms with E-state index in [9.17, 15) is 0 Å². The Balaban J connectivity index is 1.56. The average Bonchev–Trinajstić information content (AvgIpc) is 3.01. The Morgan fingerprint density at radius 2 is 2.10 bits per heavy atom. The first-order chi connectivity index (χ1) is 9.78. The summed E-state index contributed by atoms with van der Waals surface area (Å²) in [5.41, 5.74) is 0. The largest absolute Gasteiger partial charge is 0.313 e. The number of hydrogen-bond acceptors (Lipinski definition) is 3. The summed E-state index contributed by atoms with van der Waals surface area (Å²) in [7, 11) is 0. The number of hydrogen-bond donors (Lipinski definition) is 1. The molecule has 116 valence electrons. The van der Waals surface area contributed by atoms with E-state index in [0.29, 0.717) is 0 Å². The van der Waals surface area contributed by atoms with E-state index in [-0.39, 0.29) is 0 Å². The van der Waals surface area contributed by atoms with E-state index in [1.54, 1.807) is 0 Å². The van der Waals surface area contributed by atoms with Gasteiger partial charge in [0.15, 0.2) is 0 Å². The molecule has 0 aromatic heterocycles. The summed E-state index contributed by atoms with van der Waals surface area (Å²) >= 11 is 0. The molecular weight excluding hydrogens is 246 g/mol. The molecule has 1 N–H and O–H groups in total. The van der Waals surface area contributed by atoms with E-state index in [4.69, 9.17) is 0 Å². The molecule has 1 aliphatic carbocycles. The second-order valence-electron chi connectivity index (χ2n) is 7.31. The molecule has 0 radical (unpaired) electrons. The Morgan fingerprint density at radius 1 is 1.25 bits per heavy atom. The zero-order valence-corrected chi connectivity index (χ0v) is 13.5. The first-order valence-corrected chi connectivity index (χ1v) is 9.01. The lowest BCUT2D eigenvalue weighted by Gasteiger charge is -2.31. The monoisotopic (exact) mass is 279 g/mol. The van der Waals surface area contributed by atoms with Crippen LogP contribution in [0.4, 0.5) is 0 Å². The summed E-state index contributed by atoms with van der Waals surface area (Å²) in [6.07, 6.45) is 9.75. The lowest BCUT2D eigenvalue weighted by atomic mass is 10.1. The van der Waals surface area contributed by atoms with Crippen molar-refractivity contribution in [2.24, 2.45) is 0 Å². The highest BCUT2D eigenvalue weighted by Crippen LogP contribution is 2.34.